The molecule has 2 aliphatic rings. The monoisotopic (exact) mass is 191 g/mol. The number of aromatic nitrogens is 2. The smallest absolute Gasteiger partial charge is 0.0950 e. The van der Waals surface area contributed by atoms with Crippen LogP contribution < -0.4 is 5.32 Å². The lowest BCUT2D eigenvalue weighted by atomic mass is 9.96. The minimum absolute atomic E-state index is 0.701. The number of rotatable bonds is 2. The average Bonchev–Trinajstić information content (AvgIpc) is 2.98. The molecule has 0 amide bonds. The highest BCUT2D eigenvalue weighted by Crippen LogP contribution is 2.38. The topological polar surface area (TPSA) is 29.9 Å². The summed E-state index contributed by atoms with van der Waals surface area (Å²) in [5.74, 6) is 0.701. The van der Waals surface area contributed by atoms with Crippen LogP contribution in [0.5, 0.6) is 0 Å². The highest BCUT2D eigenvalue weighted by atomic mass is 15.1. The lowest BCUT2D eigenvalue weighted by Gasteiger charge is -2.23. The van der Waals surface area contributed by atoms with Crippen molar-refractivity contribution in [2.45, 2.75) is 37.6 Å². The van der Waals surface area contributed by atoms with Crippen LogP contribution >= 0.6 is 0 Å². The SMILES string of the molecule is c1ncn(C2CC2)c1C1CCCNC1. The third-order valence-electron chi connectivity index (χ3n) is 3.35. The normalized spacial score (nSPS) is 27.9. The molecule has 1 aliphatic heterocycles. The molecule has 0 aromatic carbocycles. The molecule has 3 nitrogen and oxygen atoms in total. The molecule has 1 aliphatic carbocycles. The maximum absolute atomic E-state index is 4.29. The summed E-state index contributed by atoms with van der Waals surface area (Å²) in [7, 11) is 0. The maximum atomic E-state index is 4.29. The molecule has 1 unspecified atom stereocenters. The van der Waals surface area contributed by atoms with Gasteiger partial charge in [-0.2, -0.15) is 0 Å². The van der Waals surface area contributed by atoms with Crippen molar-refractivity contribution in [3.05, 3.63) is 18.2 Å². The Kier molecular flexibility index (Phi) is 2.05. The molecule has 0 spiro atoms. The number of nitrogens with zero attached hydrogens (tertiary/aromatic N) is 2. The van der Waals surface area contributed by atoms with Crippen LogP contribution in [0.15, 0.2) is 12.5 Å². The van der Waals surface area contributed by atoms with Crippen LogP contribution in [0.3, 0.4) is 0 Å². The van der Waals surface area contributed by atoms with Crippen LogP contribution in [-0.4, -0.2) is 22.6 Å². The molecular formula is C11H17N3. The summed E-state index contributed by atoms with van der Waals surface area (Å²) in [5, 5.41) is 3.47. The molecule has 14 heavy (non-hydrogen) atoms. The van der Waals surface area contributed by atoms with Crippen molar-refractivity contribution >= 4 is 0 Å². The molecule has 3 rings (SSSR count). The summed E-state index contributed by atoms with van der Waals surface area (Å²) in [6.45, 7) is 2.33. The zero-order valence-corrected chi connectivity index (χ0v) is 8.45. The van der Waals surface area contributed by atoms with Crippen LogP contribution in [0, 0.1) is 0 Å². The predicted octanol–water partition coefficient (Wildman–Crippen LogP) is 1.68. The third kappa shape index (κ3) is 1.46. The molecule has 2 heterocycles. The van der Waals surface area contributed by atoms with E-state index in [0.29, 0.717) is 5.92 Å². The minimum atomic E-state index is 0.701. The molecule has 1 N–H and O–H groups in total. The van der Waals surface area contributed by atoms with Gasteiger partial charge in [0.1, 0.15) is 0 Å². The van der Waals surface area contributed by atoms with E-state index in [2.05, 4.69) is 21.1 Å². The highest BCUT2D eigenvalue weighted by Gasteiger charge is 2.28. The van der Waals surface area contributed by atoms with E-state index in [0.717, 1.165) is 12.6 Å². The first-order valence-corrected chi connectivity index (χ1v) is 5.67. The number of imidazole rings is 1. The van der Waals surface area contributed by atoms with Crippen molar-refractivity contribution in [2.75, 3.05) is 13.1 Å². The molecule has 0 radical (unpaired) electrons. The van der Waals surface area contributed by atoms with Gasteiger partial charge in [0.2, 0.25) is 0 Å². The lowest BCUT2D eigenvalue weighted by molar-refractivity contribution is 0.441. The van der Waals surface area contributed by atoms with Gasteiger partial charge in [-0.05, 0) is 32.2 Å². The first kappa shape index (κ1) is 8.48. The van der Waals surface area contributed by atoms with Crippen molar-refractivity contribution in [1.82, 2.24) is 14.9 Å². The summed E-state index contributed by atoms with van der Waals surface area (Å²) in [5.41, 5.74) is 1.46. The van der Waals surface area contributed by atoms with Gasteiger partial charge in [0.05, 0.1) is 6.33 Å². The summed E-state index contributed by atoms with van der Waals surface area (Å²) < 4.78 is 2.40. The van der Waals surface area contributed by atoms with Gasteiger partial charge < -0.3 is 9.88 Å². The van der Waals surface area contributed by atoms with E-state index in [1.54, 1.807) is 0 Å². The fourth-order valence-corrected chi connectivity index (χ4v) is 2.39. The molecule has 1 aromatic heterocycles. The van der Waals surface area contributed by atoms with Crippen molar-refractivity contribution in [3.63, 3.8) is 0 Å². The van der Waals surface area contributed by atoms with E-state index in [-0.39, 0.29) is 0 Å². The number of piperidine rings is 1. The fourth-order valence-electron chi connectivity index (χ4n) is 2.39. The molecule has 1 saturated heterocycles. The number of hydrogen-bond acceptors (Lipinski definition) is 2. The summed E-state index contributed by atoms with van der Waals surface area (Å²) in [6.07, 6.45) is 9.41. The largest absolute Gasteiger partial charge is 0.331 e. The minimum Gasteiger partial charge on any atom is -0.331 e. The van der Waals surface area contributed by atoms with E-state index in [1.807, 2.05) is 6.33 Å². The molecule has 76 valence electrons. The van der Waals surface area contributed by atoms with E-state index in [1.165, 1.54) is 37.9 Å². The zero-order chi connectivity index (χ0) is 9.38. The molecule has 0 bridgehead atoms. The first-order valence-electron chi connectivity index (χ1n) is 5.67. The Morgan fingerprint density at radius 1 is 1.36 bits per heavy atom. The molecule has 1 atom stereocenters. The van der Waals surface area contributed by atoms with Gasteiger partial charge >= 0.3 is 0 Å². The third-order valence-corrected chi connectivity index (χ3v) is 3.35. The summed E-state index contributed by atoms with van der Waals surface area (Å²) in [4.78, 5) is 4.29. The van der Waals surface area contributed by atoms with Gasteiger partial charge in [-0.1, -0.05) is 0 Å². The van der Waals surface area contributed by atoms with E-state index in [9.17, 15) is 0 Å². The first-order chi connectivity index (χ1) is 6.95. The second-order valence-corrected chi connectivity index (χ2v) is 4.50. The Bertz CT molecular complexity index is 308. The van der Waals surface area contributed by atoms with Gasteiger partial charge in [-0.3, -0.25) is 0 Å². The van der Waals surface area contributed by atoms with Crippen LogP contribution in [0.4, 0.5) is 0 Å². The highest BCUT2D eigenvalue weighted by molar-refractivity contribution is 5.11. The molecule has 1 aromatic rings. The number of hydrogen-bond donors (Lipinski definition) is 1. The summed E-state index contributed by atoms with van der Waals surface area (Å²) in [6, 6.07) is 0.773. The second kappa shape index (κ2) is 3.39. The number of nitrogens with one attached hydrogen (secondary N) is 1. The molecule has 3 heteroatoms. The maximum Gasteiger partial charge on any atom is 0.0950 e. The van der Waals surface area contributed by atoms with E-state index < -0.39 is 0 Å². The Balaban J connectivity index is 1.82. The lowest BCUT2D eigenvalue weighted by Crippen LogP contribution is -2.29. The molecular weight excluding hydrogens is 174 g/mol. The Morgan fingerprint density at radius 2 is 2.29 bits per heavy atom. The predicted molar refractivity (Wildman–Crippen MR) is 55.3 cm³/mol. The van der Waals surface area contributed by atoms with Crippen LogP contribution in [0.2, 0.25) is 0 Å². The Labute approximate surface area is 84.5 Å². The van der Waals surface area contributed by atoms with Gasteiger partial charge in [0.15, 0.2) is 0 Å². The Hall–Kier alpha value is -0.830. The summed E-state index contributed by atoms with van der Waals surface area (Å²) >= 11 is 0. The van der Waals surface area contributed by atoms with Crippen molar-refractivity contribution in [3.8, 4) is 0 Å². The fraction of sp³-hybridized carbons (Fsp3) is 0.727. The quantitative estimate of drug-likeness (QED) is 0.771. The molecule has 2 fully saturated rings. The van der Waals surface area contributed by atoms with E-state index in [4.69, 9.17) is 0 Å². The van der Waals surface area contributed by atoms with Gasteiger partial charge in [-0.15, -0.1) is 0 Å². The van der Waals surface area contributed by atoms with Crippen LogP contribution in [-0.2, 0) is 0 Å². The Morgan fingerprint density at radius 3 is 3.00 bits per heavy atom. The van der Waals surface area contributed by atoms with Gasteiger partial charge in [0, 0.05) is 30.4 Å². The standard InChI is InChI=1S/C11H17N3/c1-2-9(6-12-5-1)11-7-13-8-14(11)10-3-4-10/h7-10,12H,1-6H2. The van der Waals surface area contributed by atoms with Crippen LogP contribution in [0.25, 0.3) is 0 Å². The zero-order valence-electron chi connectivity index (χ0n) is 8.45. The molecule has 1 saturated carbocycles. The van der Waals surface area contributed by atoms with Crippen molar-refractivity contribution < 1.29 is 0 Å². The van der Waals surface area contributed by atoms with Gasteiger partial charge in [-0.25, -0.2) is 4.98 Å². The van der Waals surface area contributed by atoms with Crippen LogP contribution in [0.1, 0.15) is 43.3 Å². The van der Waals surface area contributed by atoms with E-state index >= 15 is 0 Å². The van der Waals surface area contributed by atoms with Crippen molar-refractivity contribution in [2.24, 2.45) is 0 Å². The second-order valence-electron chi connectivity index (χ2n) is 4.50. The van der Waals surface area contributed by atoms with Crippen molar-refractivity contribution in [1.29, 1.82) is 0 Å². The van der Waals surface area contributed by atoms with Gasteiger partial charge in [0.25, 0.3) is 0 Å². The average molecular weight is 191 g/mol.